The van der Waals surface area contributed by atoms with Crippen LogP contribution in [0.4, 0.5) is 0 Å². The maximum absolute atomic E-state index is 13.0. The van der Waals surface area contributed by atoms with Crippen molar-refractivity contribution in [3.8, 4) is 0 Å². The van der Waals surface area contributed by atoms with Crippen LogP contribution in [0.3, 0.4) is 0 Å². The summed E-state index contributed by atoms with van der Waals surface area (Å²) in [6.45, 7) is 2.36. The Bertz CT molecular complexity index is 987. The van der Waals surface area contributed by atoms with Crippen LogP contribution in [0.25, 0.3) is 11.2 Å². The number of nitrogens with one attached hydrogen (secondary N) is 1. The van der Waals surface area contributed by atoms with Crippen LogP contribution in [0.15, 0.2) is 53.5 Å². The number of imidazole rings is 1. The highest BCUT2D eigenvalue weighted by atomic mass is 16.5. The Morgan fingerprint density at radius 1 is 1.19 bits per heavy atom. The quantitative estimate of drug-likeness (QED) is 0.715. The third kappa shape index (κ3) is 3.64. The molecule has 3 heterocycles. The highest BCUT2D eigenvalue weighted by Gasteiger charge is 2.23. The number of benzene rings is 1. The maximum atomic E-state index is 13.0. The van der Waals surface area contributed by atoms with Crippen LogP contribution in [-0.4, -0.2) is 39.8 Å². The van der Waals surface area contributed by atoms with Crippen LogP contribution in [0.1, 0.15) is 12.0 Å². The molecule has 0 radical (unpaired) electrons. The molecule has 0 saturated carbocycles. The molecule has 1 N–H and O–H groups in total. The zero-order valence-corrected chi connectivity index (χ0v) is 15.0. The fraction of sp³-hybridized carbons (Fsp3) is 0.350. The number of carbonyl (C=O) groups is 1. The Labute approximate surface area is 156 Å². The van der Waals surface area contributed by atoms with E-state index >= 15 is 0 Å². The summed E-state index contributed by atoms with van der Waals surface area (Å²) in [4.78, 5) is 29.5. The standard InChI is InChI=1S/C20H22N4O3/c25-19(16-8-12-27-14-16)22-10-11-23-18-17(7-4-9-21-18)24(20(23)26)13-15-5-2-1-3-6-15/h1-7,9,16H,8,10-14H2,(H,22,25). The molecule has 1 amide bonds. The highest BCUT2D eigenvalue weighted by Crippen LogP contribution is 2.13. The second kappa shape index (κ2) is 7.75. The van der Waals surface area contributed by atoms with Crippen molar-refractivity contribution in [3.05, 3.63) is 64.7 Å². The zero-order chi connectivity index (χ0) is 18.6. The SMILES string of the molecule is O=C(NCCn1c(=O)n(Cc2ccccc2)c2cccnc21)C1CCOC1. The van der Waals surface area contributed by atoms with E-state index in [1.165, 1.54) is 0 Å². The summed E-state index contributed by atoms with van der Waals surface area (Å²) in [6, 6.07) is 13.6. The van der Waals surface area contributed by atoms with Gasteiger partial charge in [-0.15, -0.1) is 0 Å². The predicted octanol–water partition coefficient (Wildman–Crippen LogP) is 1.40. The normalized spacial score (nSPS) is 16.7. The lowest BCUT2D eigenvalue weighted by atomic mass is 10.1. The predicted molar refractivity (Wildman–Crippen MR) is 101 cm³/mol. The topological polar surface area (TPSA) is 78.2 Å². The molecule has 2 aromatic heterocycles. The summed E-state index contributed by atoms with van der Waals surface area (Å²) < 4.78 is 8.61. The fourth-order valence-corrected chi connectivity index (χ4v) is 3.44. The molecule has 0 aliphatic carbocycles. The van der Waals surface area contributed by atoms with E-state index in [4.69, 9.17) is 4.74 Å². The number of ether oxygens (including phenoxy) is 1. The first-order valence-electron chi connectivity index (χ1n) is 9.17. The molecule has 1 aromatic carbocycles. The van der Waals surface area contributed by atoms with Gasteiger partial charge in [0, 0.05) is 25.9 Å². The van der Waals surface area contributed by atoms with Gasteiger partial charge in [-0.3, -0.25) is 13.9 Å². The van der Waals surface area contributed by atoms with Crippen molar-refractivity contribution in [2.75, 3.05) is 19.8 Å². The fourth-order valence-electron chi connectivity index (χ4n) is 3.44. The van der Waals surface area contributed by atoms with Gasteiger partial charge in [0.05, 0.1) is 24.6 Å². The molecule has 0 bridgehead atoms. The van der Waals surface area contributed by atoms with Gasteiger partial charge in [0.2, 0.25) is 5.91 Å². The molecular weight excluding hydrogens is 344 g/mol. The Morgan fingerprint density at radius 2 is 2.04 bits per heavy atom. The minimum atomic E-state index is -0.119. The van der Waals surface area contributed by atoms with Crippen molar-refractivity contribution in [2.45, 2.75) is 19.5 Å². The summed E-state index contributed by atoms with van der Waals surface area (Å²) in [5, 5.41) is 2.91. The van der Waals surface area contributed by atoms with Gasteiger partial charge >= 0.3 is 5.69 Å². The van der Waals surface area contributed by atoms with E-state index in [1.807, 2.05) is 42.5 Å². The van der Waals surface area contributed by atoms with Crippen molar-refractivity contribution >= 4 is 17.1 Å². The third-order valence-corrected chi connectivity index (χ3v) is 4.89. The number of carbonyl (C=O) groups excluding carboxylic acids is 1. The minimum absolute atomic E-state index is 0.0125. The van der Waals surface area contributed by atoms with Crippen LogP contribution in [0.5, 0.6) is 0 Å². The molecule has 1 aliphatic heterocycles. The van der Waals surface area contributed by atoms with Gasteiger partial charge in [-0.2, -0.15) is 0 Å². The lowest BCUT2D eigenvalue weighted by molar-refractivity contribution is -0.124. The number of aromatic nitrogens is 3. The van der Waals surface area contributed by atoms with E-state index < -0.39 is 0 Å². The number of nitrogens with zero attached hydrogens (tertiary/aromatic N) is 3. The number of fused-ring (bicyclic) bond motifs is 1. The highest BCUT2D eigenvalue weighted by molar-refractivity contribution is 5.79. The third-order valence-electron chi connectivity index (χ3n) is 4.89. The molecule has 1 unspecified atom stereocenters. The molecule has 7 heteroatoms. The van der Waals surface area contributed by atoms with Gasteiger partial charge in [-0.1, -0.05) is 30.3 Å². The van der Waals surface area contributed by atoms with E-state index in [1.54, 1.807) is 15.3 Å². The second-order valence-electron chi connectivity index (χ2n) is 6.70. The first kappa shape index (κ1) is 17.5. The first-order valence-corrected chi connectivity index (χ1v) is 9.17. The molecule has 140 valence electrons. The van der Waals surface area contributed by atoms with Crippen LogP contribution in [0, 0.1) is 5.92 Å². The van der Waals surface area contributed by atoms with Gasteiger partial charge < -0.3 is 10.1 Å². The number of hydrogen-bond donors (Lipinski definition) is 1. The number of amides is 1. The summed E-state index contributed by atoms with van der Waals surface area (Å²) in [6.07, 6.45) is 2.43. The Hall–Kier alpha value is -2.93. The van der Waals surface area contributed by atoms with Crippen LogP contribution in [-0.2, 0) is 22.6 Å². The molecular formula is C20H22N4O3. The molecule has 1 saturated heterocycles. The lowest BCUT2D eigenvalue weighted by Crippen LogP contribution is -2.35. The van der Waals surface area contributed by atoms with Crippen molar-refractivity contribution in [3.63, 3.8) is 0 Å². The zero-order valence-electron chi connectivity index (χ0n) is 15.0. The largest absolute Gasteiger partial charge is 0.381 e. The van der Waals surface area contributed by atoms with E-state index in [0.29, 0.717) is 38.5 Å². The van der Waals surface area contributed by atoms with E-state index in [9.17, 15) is 9.59 Å². The number of pyridine rings is 1. The number of hydrogen-bond acceptors (Lipinski definition) is 4. The second-order valence-corrected chi connectivity index (χ2v) is 6.70. The maximum Gasteiger partial charge on any atom is 0.330 e. The van der Waals surface area contributed by atoms with E-state index in [0.717, 1.165) is 17.5 Å². The average molecular weight is 366 g/mol. The van der Waals surface area contributed by atoms with Gasteiger partial charge in [-0.25, -0.2) is 9.78 Å². The van der Waals surface area contributed by atoms with Gasteiger partial charge in [0.1, 0.15) is 0 Å². The molecule has 7 nitrogen and oxygen atoms in total. The van der Waals surface area contributed by atoms with E-state index in [-0.39, 0.29) is 17.5 Å². The lowest BCUT2D eigenvalue weighted by Gasteiger charge is -2.09. The minimum Gasteiger partial charge on any atom is -0.381 e. The molecule has 3 aromatic rings. The molecule has 0 spiro atoms. The smallest absolute Gasteiger partial charge is 0.330 e. The van der Waals surface area contributed by atoms with Gasteiger partial charge in [-0.05, 0) is 24.1 Å². The van der Waals surface area contributed by atoms with Crippen molar-refractivity contribution in [2.24, 2.45) is 5.92 Å². The summed E-state index contributed by atoms with van der Waals surface area (Å²) in [5.74, 6) is -0.0965. The van der Waals surface area contributed by atoms with E-state index in [2.05, 4.69) is 10.3 Å². The summed E-state index contributed by atoms with van der Waals surface area (Å²) in [5.41, 5.74) is 2.36. The average Bonchev–Trinajstić information content (AvgIpc) is 3.32. The Balaban J connectivity index is 1.54. The van der Waals surface area contributed by atoms with Crippen LogP contribution in [0.2, 0.25) is 0 Å². The first-order chi connectivity index (χ1) is 13.2. The Kier molecular flexibility index (Phi) is 5.02. The summed E-state index contributed by atoms with van der Waals surface area (Å²) >= 11 is 0. The number of rotatable bonds is 6. The van der Waals surface area contributed by atoms with Crippen molar-refractivity contribution < 1.29 is 9.53 Å². The monoisotopic (exact) mass is 366 g/mol. The molecule has 4 rings (SSSR count). The molecule has 1 atom stereocenters. The van der Waals surface area contributed by atoms with Crippen molar-refractivity contribution in [1.82, 2.24) is 19.4 Å². The summed E-state index contributed by atoms with van der Waals surface area (Å²) in [7, 11) is 0. The van der Waals surface area contributed by atoms with Gasteiger partial charge in [0.15, 0.2) is 5.65 Å². The van der Waals surface area contributed by atoms with Crippen molar-refractivity contribution in [1.29, 1.82) is 0 Å². The molecule has 1 fully saturated rings. The molecule has 27 heavy (non-hydrogen) atoms. The van der Waals surface area contributed by atoms with Crippen LogP contribution >= 0.6 is 0 Å². The Morgan fingerprint density at radius 3 is 2.81 bits per heavy atom. The molecule has 1 aliphatic rings. The van der Waals surface area contributed by atoms with Crippen LogP contribution < -0.4 is 11.0 Å². The van der Waals surface area contributed by atoms with Gasteiger partial charge in [0.25, 0.3) is 0 Å².